The molecule has 0 unspecified atom stereocenters. The van der Waals surface area contributed by atoms with Crippen LogP contribution in [0, 0.1) is 0 Å². The Balaban J connectivity index is 0.00000144. The molecule has 0 aliphatic carbocycles. The summed E-state index contributed by atoms with van der Waals surface area (Å²) in [7, 11) is -4.43. The van der Waals surface area contributed by atoms with Crippen molar-refractivity contribution in [2.24, 2.45) is 0 Å². The number of rotatable bonds is 2. The Bertz CT molecular complexity index is 594. The Morgan fingerprint density at radius 1 is 0.824 bits per heavy atom. The maximum atomic E-state index is 11.1. The molecule has 0 spiro atoms. The molecular formula is C12H9NaO3S. The van der Waals surface area contributed by atoms with E-state index in [0.29, 0.717) is 5.56 Å². The van der Waals surface area contributed by atoms with Gasteiger partial charge in [0.25, 0.3) is 0 Å². The van der Waals surface area contributed by atoms with E-state index in [0.717, 1.165) is 5.56 Å². The van der Waals surface area contributed by atoms with Crippen LogP contribution in [-0.2, 0) is 10.1 Å². The van der Waals surface area contributed by atoms with Crippen molar-refractivity contribution in [3.05, 3.63) is 54.6 Å². The van der Waals surface area contributed by atoms with Crippen molar-refractivity contribution in [1.82, 2.24) is 0 Å². The van der Waals surface area contributed by atoms with E-state index >= 15 is 0 Å². The van der Waals surface area contributed by atoms with Crippen molar-refractivity contribution in [3.63, 3.8) is 0 Å². The minimum Gasteiger partial charge on any atom is -0.744 e. The average Bonchev–Trinajstić information content (AvgIpc) is 2.29. The van der Waals surface area contributed by atoms with E-state index in [1.54, 1.807) is 36.4 Å². The predicted octanol–water partition coefficient (Wildman–Crippen LogP) is -0.738. The smallest absolute Gasteiger partial charge is 0.744 e. The molecule has 0 amide bonds. The molecule has 0 saturated heterocycles. The van der Waals surface area contributed by atoms with Gasteiger partial charge < -0.3 is 4.55 Å². The zero-order valence-corrected chi connectivity index (χ0v) is 12.1. The monoisotopic (exact) mass is 256 g/mol. The van der Waals surface area contributed by atoms with Gasteiger partial charge in [-0.1, -0.05) is 48.5 Å². The fraction of sp³-hybridized carbons (Fsp3) is 0. The summed E-state index contributed by atoms with van der Waals surface area (Å²) >= 11 is 0. The Morgan fingerprint density at radius 3 is 1.94 bits per heavy atom. The topological polar surface area (TPSA) is 57.2 Å². The largest absolute Gasteiger partial charge is 1.00 e. The van der Waals surface area contributed by atoms with E-state index in [2.05, 4.69) is 0 Å². The standard InChI is InChI=1S/C12H10O3S.Na/c13-16(14,15)12-9-5-4-8-11(12)10-6-2-1-3-7-10;/h1-9H,(H,13,14,15);/q;+1/p-1. The second-order valence-electron chi connectivity index (χ2n) is 3.32. The molecule has 2 aromatic rings. The minimum atomic E-state index is -4.43. The molecule has 5 heteroatoms. The first-order valence-electron chi connectivity index (χ1n) is 4.69. The second kappa shape index (κ2) is 5.80. The van der Waals surface area contributed by atoms with Crippen LogP contribution in [0.15, 0.2) is 59.5 Å². The third-order valence-electron chi connectivity index (χ3n) is 2.24. The fourth-order valence-corrected chi connectivity index (χ4v) is 2.24. The normalized spacial score (nSPS) is 10.6. The van der Waals surface area contributed by atoms with Gasteiger partial charge in [-0.05, 0) is 17.2 Å². The first-order chi connectivity index (χ1) is 7.59. The summed E-state index contributed by atoms with van der Waals surface area (Å²) < 4.78 is 33.2. The molecule has 0 fully saturated rings. The van der Waals surface area contributed by atoms with Crippen LogP contribution in [0.3, 0.4) is 0 Å². The molecule has 0 heterocycles. The van der Waals surface area contributed by atoms with E-state index in [1.165, 1.54) is 12.1 Å². The van der Waals surface area contributed by atoms with Crippen molar-refractivity contribution in [1.29, 1.82) is 0 Å². The van der Waals surface area contributed by atoms with Crippen LogP contribution in [0.5, 0.6) is 0 Å². The summed E-state index contributed by atoms with van der Waals surface area (Å²) in [4.78, 5) is -0.179. The van der Waals surface area contributed by atoms with Gasteiger partial charge in [0, 0.05) is 0 Å². The van der Waals surface area contributed by atoms with E-state index in [9.17, 15) is 13.0 Å². The summed E-state index contributed by atoms with van der Waals surface area (Å²) in [5.41, 5.74) is 1.16. The van der Waals surface area contributed by atoms with E-state index < -0.39 is 10.1 Å². The molecule has 0 bridgehead atoms. The van der Waals surface area contributed by atoms with E-state index in [4.69, 9.17) is 0 Å². The summed E-state index contributed by atoms with van der Waals surface area (Å²) in [6.45, 7) is 0. The first kappa shape index (κ1) is 14.4. The van der Waals surface area contributed by atoms with Gasteiger partial charge >= 0.3 is 29.6 Å². The SMILES string of the molecule is O=S(=O)([O-])c1ccccc1-c1ccccc1.[Na+]. The van der Waals surface area contributed by atoms with Crippen LogP contribution >= 0.6 is 0 Å². The Hall–Kier alpha value is -0.650. The molecule has 0 saturated carbocycles. The maximum absolute atomic E-state index is 11.1. The predicted molar refractivity (Wildman–Crippen MR) is 59.8 cm³/mol. The quantitative estimate of drug-likeness (QED) is 0.525. The van der Waals surface area contributed by atoms with Gasteiger partial charge in [-0.2, -0.15) is 0 Å². The molecule has 2 aromatic carbocycles. The summed E-state index contributed by atoms with van der Waals surface area (Å²) in [5.74, 6) is 0. The Labute approximate surface area is 123 Å². The molecule has 2 rings (SSSR count). The molecule has 0 N–H and O–H groups in total. The van der Waals surface area contributed by atoms with Crippen LogP contribution in [-0.4, -0.2) is 13.0 Å². The van der Waals surface area contributed by atoms with Gasteiger partial charge in [-0.15, -0.1) is 0 Å². The Morgan fingerprint density at radius 2 is 1.35 bits per heavy atom. The Kier molecular flexibility index (Phi) is 4.91. The van der Waals surface area contributed by atoms with Crippen LogP contribution in [0.25, 0.3) is 11.1 Å². The second-order valence-corrected chi connectivity index (χ2v) is 4.66. The molecule has 0 atom stereocenters. The molecule has 0 aliphatic rings. The summed E-state index contributed by atoms with van der Waals surface area (Å²) in [6.07, 6.45) is 0. The average molecular weight is 256 g/mol. The number of hydrogen-bond donors (Lipinski definition) is 0. The van der Waals surface area contributed by atoms with Crippen LogP contribution in [0.1, 0.15) is 0 Å². The minimum absolute atomic E-state index is 0. The summed E-state index contributed by atoms with van der Waals surface area (Å²) in [6, 6.07) is 15.2. The third-order valence-corrected chi connectivity index (χ3v) is 3.14. The van der Waals surface area contributed by atoms with Crippen molar-refractivity contribution >= 4 is 10.1 Å². The van der Waals surface area contributed by atoms with Gasteiger partial charge in [-0.3, -0.25) is 0 Å². The van der Waals surface area contributed by atoms with Gasteiger partial charge in [0.2, 0.25) is 0 Å². The molecule has 0 radical (unpaired) electrons. The zero-order valence-electron chi connectivity index (χ0n) is 9.33. The van der Waals surface area contributed by atoms with Crippen LogP contribution in [0.2, 0.25) is 0 Å². The maximum Gasteiger partial charge on any atom is 1.00 e. The number of benzene rings is 2. The van der Waals surface area contributed by atoms with Crippen molar-refractivity contribution in [2.75, 3.05) is 0 Å². The molecule has 82 valence electrons. The fourth-order valence-electron chi connectivity index (χ4n) is 1.54. The van der Waals surface area contributed by atoms with Crippen LogP contribution in [0.4, 0.5) is 0 Å². The zero-order chi connectivity index (χ0) is 11.6. The van der Waals surface area contributed by atoms with Gasteiger partial charge in [0.1, 0.15) is 10.1 Å². The molecule has 0 aromatic heterocycles. The third kappa shape index (κ3) is 3.40. The first-order valence-corrected chi connectivity index (χ1v) is 6.10. The molecule has 17 heavy (non-hydrogen) atoms. The van der Waals surface area contributed by atoms with Gasteiger partial charge in [-0.25, -0.2) is 8.42 Å². The van der Waals surface area contributed by atoms with Crippen molar-refractivity contribution in [2.45, 2.75) is 4.90 Å². The van der Waals surface area contributed by atoms with Gasteiger partial charge in [0.15, 0.2) is 0 Å². The van der Waals surface area contributed by atoms with E-state index in [1.807, 2.05) is 6.07 Å². The van der Waals surface area contributed by atoms with Gasteiger partial charge in [0.05, 0.1) is 4.90 Å². The van der Waals surface area contributed by atoms with Crippen molar-refractivity contribution in [3.8, 4) is 11.1 Å². The molecule has 3 nitrogen and oxygen atoms in total. The molecule has 0 aliphatic heterocycles. The number of hydrogen-bond acceptors (Lipinski definition) is 3. The van der Waals surface area contributed by atoms with Crippen molar-refractivity contribution < 1.29 is 42.5 Å². The van der Waals surface area contributed by atoms with Crippen LogP contribution < -0.4 is 29.6 Å². The summed E-state index contributed by atoms with van der Waals surface area (Å²) in [5, 5.41) is 0. The van der Waals surface area contributed by atoms with E-state index in [-0.39, 0.29) is 34.5 Å². The molecular weight excluding hydrogens is 247 g/mol.